The highest BCUT2D eigenvalue weighted by Crippen LogP contribution is 2.51. The smallest absolute Gasteiger partial charge is 0.0783 e. The van der Waals surface area contributed by atoms with E-state index in [2.05, 4.69) is 137 Å². The summed E-state index contributed by atoms with van der Waals surface area (Å²) in [6, 6.07) is 39.2. The summed E-state index contributed by atoms with van der Waals surface area (Å²) in [6.45, 7) is 9.57. The fourth-order valence-electron chi connectivity index (χ4n) is 5.67. The van der Waals surface area contributed by atoms with E-state index in [9.17, 15) is 0 Å². The second-order valence-corrected chi connectivity index (χ2v) is 10.1. The number of aromatic nitrogens is 1. The van der Waals surface area contributed by atoms with Gasteiger partial charge in [-0.05, 0) is 45.5 Å². The maximum atomic E-state index is 4.91. The van der Waals surface area contributed by atoms with Crippen molar-refractivity contribution < 1.29 is 0 Å². The van der Waals surface area contributed by atoms with Gasteiger partial charge in [0, 0.05) is 22.6 Å². The van der Waals surface area contributed by atoms with E-state index in [4.69, 9.17) is 4.98 Å². The monoisotopic (exact) mass is 455 g/mol. The van der Waals surface area contributed by atoms with Gasteiger partial charge in [-0.1, -0.05) is 131 Å². The Morgan fingerprint density at radius 2 is 1.20 bits per heavy atom. The minimum atomic E-state index is -0.144. The largest absolute Gasteiger partial charge is 0.256 e. The third-order valence-electron chi connectivity index (χ3n) is 8.22. The van der Waals surface area contributed by atoms with Crippen molar-refractivity contribution in [1.29, 1.82) is 0 Å². The van der Waals surface area contributed by atoms with Crippen LogP contribution in [0.3, 0.4) is 0 Å². The lowest BCUT2D eigenvalue weighted by Gasteiger charge is -2.47. The van der Waals surface area contributed by atoms with Crippen LogP contribution in [0.25, 0.3) is 33.2 Å². The standard InChI is InChI=1S/C34H33N/c1-5-34(4,33(2,3)30-21-13-11-18-27(30)25-15-7-6-8-16-25)31-22-14-12-20-29(31)32-28-19-10-9-17-26(28)23-24-35-32/h6-24H,5H2,1-4H3. The van der Waals surface area contributed by atoms with E-state index >= 15 is 0 Å². The van der Waals surface area contributed by atoms with Gasteiger partial charge in [-0.25, -0.2) is 0 Å². The highest BCUT2D eigenvalue weighted by molar-refractivity contribution is 5.95. The molecule has 35 heavy (non-hydrogen) atoms. The molecule has 0 spiro atoms. The molecule has 1 heteroatoms. The third-order valence-corrected chi connectivity index (χ3v) is 8.22. The highest BCUT2D eigenvalue weighted by Gasteiger charge is 2.44. The Hall–Kier alpha value is -3.71. The van der Waals surface area contributed by atoms with Crippen molar-refractivity contribution in [2.24, 2.45) is 0 Å². The van der Waals surface area contributed by atoms with Crippen molar-refractivity contribution in [3.05, 3.63) is 127 Å². The predicted molar refractivity (Wildman–Crippen MR) is 150 cm³/mol. The van der Waals surface area contributed by atoms with Crippen molar-refractivity contribution in [2.45, 2.75) is 44.9 Å². The van der Waals surface area contributed by atoms with Crippen molar-refractivity contribution in [1.82, 2.24) is 4.98 Å². The zero-order chi connectivity index (χ0) is 24.5. The zero-order valence-electron chi connectivity index (χ0n) is 21.1. The molecule has 1 unspecified atom stereocenters. The maximum absolute atomic E-state index is 4.91. The molecular formula is C34H33N. The van der Waals surface area contributed by atoms with Crippen LogP contribution in [0, 0.1) is 0 Å². The summed E-state index contributed by atoms with van der Waals surface area (Å²) < 4.78 is 0. The lowest BCUT2D eigenvalue weighted by Crippen LogP contribution is -2.43. The number of pyridine rings is 1. The third kappa shape index (κ3) is 3.86. The average molecular weight is 456 g/mol. The number of benzene rings is 4. The summed E-state index contributed by atoms with van der Waals surface area (Å²) in [7, 11) is 0. The molecule has 0 amide bonds. The van der Waals surface area contributed by atoms with Crippen LogP contribution in [-0.2, 0) is 10.8 Å². The molecule has 0 aliphatic carbocycles. The molecular weight excluding hydrogens is 422 g/mol. The van der Waals surface area contributed by atoms with Crippen LogP contribution in [0.4, 0.5) is 0 Å². The molecule has 0 aliphatic rings. The van der Waals surface area contributed by atoms with Gasteiger partial charge in [0.25, 0.3) is 0 Å². The first-order valence-corrected chi connectivity index (χ1v) is 12.6. The van der Waals surface area contributed by atoms with Gasteiger partial charge in [-0.3, -0.25) is 4.98 Å². The van der Waals surface area contributed by atoms with Gasteiger partial charge in [0.2, 0.25) is 0 Å². The Kier molecular flexibility index (Phi) is 6.03. The van der Waals surface area contributed by atoms with Gasteiger partial charge in [0.05, 0.1) is 5.69 Å². The van der Waals surface area contributed by atoms with Gasteiger partial charge in [-0.15, -0.1) is 0 Å². The van der Waals surface area contributed by atoms with Crippen LogP contribution in [0.5, 0.6) is 0 Å². The molecule has 0 N–H and O–H groups in total. The van der Waals surface area contributed by atoms with Gasteiger partial charge < -0.3 is 0 Å². The lowest BCUT2D eigenvalue weighted by atomic mass is 9.57. The van der Waals surface area contributed by atoms with Crippen molar-refractivity contribution in [3.8, 4) is 22.4 Å². The fourth-order valence-corrected chi connectivity index (χ4v) is 5.67. The molecule has 174 valence electrons. The van der Waals surface area contributed by atoms with Crippen LogP contribution < -0.4 is 0 Å². The first-order valence-electron chi connectivity index (χ1n) is 12.6. The van der Waals surface area contributed by atoms with Gasteiger partial charge >= 0.3 is 0 Å². The van der Waals surface area contributed by atoms with Gasteiger partial charge in [0.1, 0.15) is 0 Å². The molecule has 1 nitrogen and oxygen atoms in total. The summed E-state index contributed by atoms with van der Waals surface area (Å²) in [5, 5.41) is 2.42. The normalized spacial score (nSPS) is 13.5. The molecule has 1 heterocycles. The molecule has 1 atom stereocenters. The number of fused-ring (bicyclic) bond motifs is 1. The van der Waals surface area contributed by atoms with Crippen LogP contribution in [0.15, 0.2) is 115 Å². The van der Waals surface area contributed by atoms with E-state index in [0.717, 1.165) is 12.1 Å². The molecule has 5 aromatic rings. The van der Waals surface area contributed by atoms with Crippen molar-refractivity contribution in [3.63, 3.8) is 0 Å². The average Bonchev–Trinajstić information content (AvgIpc) is 2.92. The van der Waals surface area contributed by atoms with Crippen molar-refractivity contribution >= 4 is 10.8 Å². The molecule has 0 bridgehead atoms. The molecule has 1 aromatic heterocycles. The number of nitrogens with zero attached hydrogens (tertiary/aromatic N) is 1. The Morgan fingerprint density at radius 3 is 1.94 bits per heavy atom. The summed E-state index contributed by atoms with van der Waals surface area (Å²) in [5.74, 6) is 0. The number of hydrogen-bond donors (Lipinski definition) is 0. The first kappa shape index (κ1) is 23.1. The quantitative estimate of drug-likeness (QED) is 0.249. The minimum absolute atomic E-state index is 0.132. The lowest BCUT2D eigenvalue weighted by molar-refractivity contribution is 0.267. The van der Waals surface area contributed by atoms with Gasteiger partial charge in [-0.2, -0.15) is 0 Å². The van der Waals surface area contributed by atoms with E-state index in [1.807, 2.05) is 6.20 Å². The molecule has 5 rings (SSSR count). The maximum Gasteiger partial charge on any atom is 0.0783 e. The van der Waals surface area contributed by atoms with E-state index in [1.165, 1.54) is 38.6 Å². The molecule has 0 saturated carbocycles. The summed E-state index contributed by atoms with van der Waals surface area (Å²) in [4.78, 5) is 4.91. The van der Waals surface area contributed by atoms with Crippen molar-refractivity contribution in [2.75, 3.05) is 0 Å². The second kappa shape index (κ2) is 9.15. The topological polar surface area (TPSA) is 12.9 Å². The Balaban J connectivity index is 1.73. The minimum Gasteiger partial charge on any atom is -0.256 e. The Bertz CT molecular complexity index is 1460. The molecule has 0 aliphatic heterocycles. The SMILES string of the molecule is CCC(C)(c1ccccc1-c1nccc2ccccc12)C(C)(C)c1ccccc1-c1ccccc1. The predicted octanol–water partition coefficient (Wildman–Crippen LogP) is 9.21. The number of rotatable bonds is 6. The second-order valence-electron chi connectivity index (χ2n) is 10.1. The summed E-state index contributed by atoms with van der Waals surface area (Å²) in [6.07, 6.45) is 2.94. The zero-order valence-corrected chi connectivity index (χ0v) is 21.1. The van der Waals surface area contributed by atoms with E-state index in [-0.39, 0.29) is 10.8 Å². The molecule has 0 fully saturated rings. The number of hydrogen-bond acceptors (Lipinski definition) is 1. The Labute approximate surface area is 209 Å². The van der Waals surface area contributed by atoms with E-state index < -0.39 is 0 Å². The fraction of sp³-hybridized carbons (Fsp3) is 0.206. The van der Waals surface area contributed by atoms with Crippen LogP contribution >= 0.6 is 0 Å². The van der Waals surface area contributed by atoms with E-state index in [0.29, 0.717) is 0 Å². The Morgan fingerprint density at radius 1 is 0.600 bits per heavy atom. The van der Waals surface area contributed by atoms with Gasteiger partial charge in [0.15, 0.2) is 0 Å². The highest BCUT2D eigenvalue weighted by atomic mass is 14.7. The first-order chi connectivity index (χ1) is 17.0. The summed E-state index contributed by atoms with van der Waals surface area (Å²) >= 11 is 0. The molecule has 4 aromatic carbocycles. The van der Waals surface area contributed by atoms with E-state index in [1.54, 1.807) is 0 Å². The van der Waals surface area contributed by atoms with Crippen LogP contribution in [-0.4, -0.2) is 4.98 Å². The van der Waals surface area contributed by atoms with Crippen LogP contribution in [0.1, 0.15) is 45.2 Å². The molecule has 0 radical (unpaired) electrons. The van der Waals surface area contributed by atoms with Crippen LogP contribution in [0.2, 0.25) is 0 Å². The summed E-state index contributed by atoms with van der Waals surface area (Å²) in [5.41, 5.74) is 7.29. The molecule has 0 saturated heterocycles.